The van der Waals surface area contributed by atoms with E-state index in [1.54, 1.807) is 0 Å². The molecule has 0 amide bonds. The van der Waals surface area contributed by atoms with Crippen molar-refractivity contribution in [3.05, 3.63) is 0 Å². The van der Waals surface area contributed by atoms with Gasteiger partial charge >= 0.3 is 0 Å². The fraction of sp³-hybridized carbons (Fsp3) is 1.00. The van der Waals surface area contributed by atoms with Gasteiger partial charge in [0.1, 0.15) is 0 Å². The predicted octanol–water partition coefficient (Wildman–Crippen LogP) is 1.91. The van der Waals surface area contributed by atoms with Crippen molar-refractivity contribution in [3.8, 4) is 0 Å². The SMILES string of the molecule is CC(C)CC1CN(CC2CCCS2(=O)=O)C(C(C)C)CN1. The molecule has 0 aromatic rings. The van der Waals surface area contributed by atoms with Crippen LogP contribution in [0.15, 0.2) is 0 Å². The summed E-state index contributed by atoms with van der Waals surface area (Å²) in [7, 11) is -2.84. The Morgan fingerprint density at radius 1 is 1.24 bits per heavy atom. The summed E-state index contributed by atoms with van der Waals surface area (Å²) in [6, 6.07) is 0.966. The van der Waals surface area contributed by atoms with E-state index in [0.29, 0.717) is 29.7 Å². The molecule has 3 atom stereocenters. The van der Waals surface area contributed by atoms with E-state index in [-0.39, 0.29) is 5.25 Å². The highest BCUT2D eigenvalue weighted by Gasteiger charge is 2.37. The fourth-order valence-electron chi connectivity index (χ4n) is 3.82. The number of nitrogens with zero attached hydrogens (tertiary/aromatic N) is 1. The second-order valence-corrected chi connectivity index (χ2v) is 10.0. The molecule has 0 aromatic heterocycles. The van der Waals surface area contributed by atoms with Crippen LogP contribution in [-0.2, 0) is 9.84 Å². The minimum atomic E-state index is -2.84. The van der Waals surface area contributed by atoms with Crippen LogP contribution in [0.1, 0.15) is 47.0 Å². The van der Waals surface area contributed by atoms with E-state index in [1.807, 2.05) is 0 Å². The van der Waals surface area contributed by atoms with E-state index in [2.05, 4.69) is 37.9 Å². The lowest BCUT2D eigenvalue weighted by molar-refractivity contribution is 0.0918. The maximum Gasteiger partial charge on any atom is 0.154 e. The van der Waals surface area contributed by atoms with Crippen molar-refractivity contribution in [2.24, 2.45) is 11.8 Å². The summed E-state index contributed by atoms with van der Waals surface area (Å²) < 4.78 is 24.3. The molecule has 4 nitrogen and oxygen atoms in total. The maximum absolute atomic E-state index is 12.1. The van der Waals surface area contributed by atoms with Crippen molar-refractivity contribution in [3.63, 3.8) is 0 Å². The molecule has 3 unspecified atom stereocenters. The van der Waals surface area contributed by atoms with Crippen LogP contribution in [0, 0.1) is 11.8 Å². The Morgan fingerprint density at radius 2 is 1.95 bits per heavy atom. The normalized spacial score (nSPS) is 33.9. The third-order valence-electron chi connectivity index (χ3n) is 4.97. The Bertz CT molecular complexity index is 434. The van der Waals surface area contributed by atoms with Crippen LogP contribution in [0.3, 0.4) is 0 Å². The Labute approximate surface area is 130 Å². The first kappa shape index (κ1) is 17.2. The zero-order valence-electron chi connectivity index (χ0n) is 14.0. The maximum atomic E-state index is 12.1. The van der Waals surface area contributed by atoms with Crippen molar-refractivity contribution >= 4 is 9.84 Å². The lowest BCUT2D eigenvalue weighted by atomic mass is 9.94. The first-order valence-corrected chi connectivity index (χ1v) is 10.2. The summed E-state index contributed by atoms with van der Waals surface area (Å²) >= 11 is 0. The van der Waals surface area contributed by atoms with Gasteiger partial charge in [-0.3, -0.25) is 4.90 Å². The number of nitrogens with one attached hydrogen (secondary N) is 1. The molecule has 1 N–H and O–H groups in total. The Morgan fingerprint density at radius 3 is 2.48 bits per heavy atom. The monoisotopic (exact) mass is 316 g/mol. The summed E-state index contributed by atoms with van der Waals surface area (Å²) in [6.07, 6.45) is 2.87. The van der Waals surface area contributed by atoms with Crippen LogP contribution >= 0.6 is 0 Å². The molecule has 0 spiro atoms. The summed E-state index contributed by atoms with van der Waals surface area (Å²) in [6.45, 7) is 11.7. The van der Waals surface area contributed by atoms with Crippen LogP contribution < -0.4 is 5.32 Å². The minimum absolute atomic E-state index is 0.128. The number of piperazine rings is 1. The van der Waals surface area contributed by atoms with E-state index < -0.39 is 9.84 Å². The standard InChI is InChI=1S/C16H32N2O2S/c1-12(2)8-14-10-18(16(9-17-14)13(3)4)11-15-6-5-7-21(15,19)20/h12-17H,5-11H2,1-4H3. The first-order valence-electron chi connectivity index (χ1n) is 8.48. The highest BCUT2D eigenvalue weighted by Crippen LogP contribution is 2.25. The molecular formula is C16H32N2O2S. The first-order chi connectivity index (χ1) is 9.79. The Balaban J connectivity index is 2.03. The van der Waals surface area contributed by atoms with Gasteiger partial charge in [0.2, 0.25) is 0 Å². The summed E-state index contributed by atoms with van der Waals surface area (Å²) in [4.78, 5) is 2.46. The lowest BCUT2D eigenvalue weighted by Gasteiger charge is -2.43. The van der Waals surface area contributed by atoms with Gasteiger partial charge in [0, 0.05) is 31.7 Å². The van der Waals surface area contributed by atoms with Crippen molar-refractivity contribution < 1.29 is 8.42 Å². The van der Waals surface area contributed by atoms with Gasteiger partial charge in [-0.25, -0.2) is 8.42 Å². The molecule has 2 aliphatic heterocycles. The molecule has 2 aliphatic rings. The molecule has 2 rings (SSSR count). The van der Waals surface area contributed by atoms with Crippen molar-refractivity contribution in [1.29, 1.82) is 0 Å². The molecule has 0 bridgehead atoms. The highest BCUT2D eigenvalue weighted by molar-refractivity contribution is 7.92. The van der Waals surface area contributed by atoms with Gasteiger partial charge in [-0.2, -0.15) is 0 Å². The molecule has 0 radical (unpaired) electrons. The van der Waals surface area contributed by atoms with E-state index in [1.165, 1.54) is 6.42 Å². The predicted molar refractivity (Wildman–Crippen MR) is 88.3 cm³/mol. The van der Waals surface area contributed by atoms with Crippen LogP contribution in [-0.4, -0.2) is 56.0 Å². The average Bonchev–Trinajstić information content (AvgIpc) is 2.68. The largest absolute Gasteiger partial charge is 0.311 e. The molecule has 2 saturated heterocycles. The van der Waals surface area contributed by atoms with Crippen molar-refractivity contribution in [2.75, 3.05) is 25.4 Å². The van der Waals surface area contributed by atoms with Gasteiger partial charge in [0.15, 0.2) is 9.84 Å². The lowest BCUT2D eigenvalue weighted by Crippen LogP contribution is -2.60. The average molecular weight is 317 g/mol. The van der Waals surface area contributed by atoms with Crippen molar-refractivity contribution in [1.82, 2.24) is 10.2 Å². The molecule has 124 valence electrons. The summed E-state index contributed by atoms with van der Waals surface area (Å²) in [5, 5.41) is 3.54. The Kier molecular flexibility index (Phi) is 5.71. The van der Waals surface area contributed by atoms with Crippen molar-refractivity contribution in [2.45, 2.75) is 64.3 Å². The fourth-order valence-corrected chi connectivity index (χ4v) is 5.67. The zero-order valence-corrected chi connectivity index (χ0v) is 14.8. The van der Waals surface area contributed by atoms with E-state index in [9.17, 15) is 8.42 Å². The van der Waals surface area contributed by atoms with Gasteiger partial charge < -0.3 is 5.32 Å². The summed E-state index contributed by atoms with van der Waals surface area (Å²) in [5.74, 6) is 1.63. The van der Waals surface area contributed by atoms with Gasteiger partial charge in [-0.05, 0) is 31.1 Å². The van der Waals surface area contributed by atoms with Gasteiger partial charge in [0.05, 0.1) is 11.0 Å². The van der Waals surface area contributed by atoms with Crippen LogP contribution in [0.2, 0.25) is 0 Å². The number of hydrogen-bond donors (Lipinski definition) is 1. The second-order valence-electron chi connectivity index (χ2n) is 7.63. The van der Waals surface area contributed by atoms with E-state index in [4.69, 9.17) is 0 Å². The highest BCUT2D eigenvalue weighted by atomic mass is 32.2. The second kappa shape index (κ2) is 6.97. The molecule has 5 heteroatoms. The molecule has 2 heterocycles. The minimum Gasteiger partial charge on any atom is -0.311 e. The molecule has 2 fully saturated rings. The van der Waals surface area contributed by atoms with Gasteiger partial charge in [-0.15, -0.1) is 0 Å². The Hall–Kier alpha value is -0.130. The zero-order chi connectivity index (χ0) is 15.6. The molecule has 0 aromatic carbocycles. The van der Waals surface area contributed by atoms with E-state index >= 15 is 0 Å². The number of hydrogen-bond acceptors (Lipinski definition) is 4. The van der Waals surface area contributed by atoms with E-state index in [0.717, 1.165) is 32.5 Å². The topological polar surface area (TPSA) is 49.4 Å². The van der Waals surface area contributed by atoms with Gasteiger partial charge in [-0.1, -0.05) is 27.7 Å². The molecule has 0 aliphatic carbocycles. The molecule has 0 saturated carbocycles. The van der Waals surface area contributed by atoms with Gasteiger partial charge in [0.25, 0.3) is 0 Å². The number of sulfone groups is 1. The summed E-state index contributed by atoms with van der Waals surface area (Å²) in [5.41, 5.74) is 0. The quantitative estimate of drug-likeness (QED) is 0.842. The van der Waals surface area contributed by atoms with Crippen LogP contribution in [0.5, 0.6) is 0 Å². The third-order valence-corrected chi connectivity index (χ3v) is 7.22. The molecule has 21 heavy (non-hydrogen) atoms. The van der Waals surface area contributed by atoms with Crippen LogP contribution in [0.25, 0.3) is 0 Å². The smallest absolute Gasteiger partial charge is 0.154 e. The van der Waals surface area contributed by atoms with Crippen LogP contribution in [0.4, 0.5) is 0 Å². The third kappa shape index (κ3) is 4.42. The molecular weight excluding hydrogens is 284 g/mol. The number of rotatable bonds is 5.